The van der Waals surface area contributed by atoms with Crippen LogP contribution in [0.4, 0.5) is 0 Å². The van der Waals surface area contributed by atoms with Gasteiger partial charge in [-0.3, -0.25) is 9.59 Å². The Balaban J connectivity index is 1.79. The third-order valence-corrected chi connectivity index (χ3v) is 4.66. The van der Waals surface area contributed by atoms with Crippen molar-refractivity contribution in [2.24, 2.45) is 0 Å². The number of ketones is 2. The molecule has 4 nitrogen and oxygen atoms in total. The van der Waals surface area contributed by atoms with Crippen LogP contribution >= 0.6 is 0 Å². The highest BCUT2D eigenvalue weighted by molar-refractivity contribution is 6.52. The lowest BCUT2D eigenvalue weighted by molar-refractivity contribution is -0.112. The summed E-state index contributed by atoms with van der Waals surface area (Å²) in [5, 5.41) is 20.0. The summed E-state index contributed by atoms with van der Waals surface area (Å²) >= 11 is 0. The number of Topliss-reactive ketones (excluding diaryl/α,β-unsaturated/α-hetero) is 2. The molecule has 0 spiro atoms. The molecule has 0 radical (unpaired) electrons. The molecular formula is C21H28O4. The number of aliphatic hydroxyl groups excluding tert-OH is 1. The third-order valence-electron chi connectivity index (χ3n) is 4.66. The summed E-state index contributed by atoms with van der Waals surface area (Å²) in [5.41, 5.74) is 0.425. The third kappa shape index (κ3) is 5.27. The molecular weight excluding hydrogens is 316 g/mol. The molecule has 2 N–H and O–H groups in total. The molecule has 0 bridgehead atoms. The van der Waals surface area contributed by atoms with Crippen molar-refractivity contribution in [3.05, 3.63) is 41.0 Å². The van der Waals surface area contributed by atoms with E-state index in [2.05, 4.69) is 0 Å². The summed E-state index contributed by atoms with van der Waals surface area (Å²) in [6.45, 7) is 3.65. The predicted octanol–water partition coefficient (Wildman–Crippen LogP) is 4.61. The zero-order valence-electron chi connectivity index (χ0n) is 15.2. The first-order valence-corrected chi connectivity index (χ1v) is 9.14. The van der Waals surface area contributed by atoms with Crippen LogP contribution in [-0.4, -0.2) is 27.4 Å². The second kappa shape index (κ2) is 8.43. The molecule has 0 saturated heterocycles. The fraction of sp³-hybridized carbons (Fsp3) is 0.524. The van der Waals surface area contributed by atoms with Crippen LogP contribution in [0.1, 0.15) is 81.1 Å². The summed E-state index contributed by atoms with van der Waals surface area (Å²) in [7, 11) is 0. The first-order valence-electron chi connectivity index (χ1n) is 9.14. The summed E-state index contributed by atoms with van der Waals surface area (Å²) in [4.78, 5) is 24.4. The lowest BCUT2D eigenvalue weighted by atomic mass is 9.86. The van der Waals surface area contributed by atoms with Crippen molar-refractivity contribution in [2.75, 3.05) is 0 Å². The number of fused-ring (bicyclic) bond motifs is 1. The van der Waals surface area contributed by atoms with Crippen molar-refractivity contribution in [2.45, 2.75) is 70.8 Å². The molecule has 0 atom stereocenters. The van der Waals surface area contributed by atoms with E-state index in [1.165, 1.54) is 0 Å². The van der Waals surface area contributed by atoms with Gasteiger partial charge in [0.15, 0.2) is 0 Å². The second-order valence-electron chi connectivity index (χ2n) is 7.46. The first-order chi connectivity index (χ1) is 11.8. The summed E-state index contributed by atoms with van der Waals surface area (Å²) in [6.07, 6.45) is 7.24. The highest BCUT2D eigenvalue weighted by atomic mass is 16.3. The van der Waals surface area contributed by atoms with E-state index in [1.54, 1.807) is 24.3 Å². The maximum Gasteiger partial charge on any atom is 0.234 e. The molecule has 1 aromatic carbocycles. The number of aliphatic hydroxyl groups is 2. The molecule has 25 heavy (non-hydrogen) atoms. The number of hydrogen-bond acceptors (Lipinski definition) is 4. The van der Waals surface area contributed by atoms with Crippen LogP contribution in [0.25, 0.3) is 5.76 Å². The van der Waals surface area contributed by atoms with Gasteiger partial charge >= 0.3 is 0 Å². The largest absolute Gasteiger partial charge is 0.507 e. The minimum atomic E-state index is -0.589. The molecule has 1 aromatic rings. The Morgan fingerprint density at radius 2 is 1.40 bits per heavy atom. The van der Waals surface area contributed by atoms with E-state index in [0.29, 0.717) is 17.5 Å². The zero-order valence-corrected chi connectivity index (χ0v) is 15.2. The van der Waals surface area contributed by atoms with E-state index in [0.717, 1.165) is 44.9 Å². The van der Waals surface area contributed by atoms with E-state index in [4.69, 9.17) is 0 Å². The molecule has 1 aliphatic carbocycles. The predicted molar refractivity (Wildman–Crippen MR) is 98.6 cm³/mol. The van der Waals surface area contributed by atoms with Crippen LogP contribution < -0.4 is 0 Å². The van der Waals surface area contributed by atoms with Crippen LogP contribution in [0.2, 0.25) is 0 Å². The van der Waals surface area contributed by atoms with Gasteiger partial charge in [-0.15, -0.1) is 0 Å². The van der Waals surface area contributed by atoms with Gasteiger partial charge in [0.05, 0.1) is 5.60 Å². The standard InChI is InChI=1S/C21H28O4/c1-21(2,25)14-10-6-4-3-5-7-13-17-18(22)15-11-8-9-12-16(15)19(23)20(17)24/h8-9,11-12,22,25H,3-7,10,13-14H2,1-2H3. The Labute approximate surface area is 149 Å². The monoisotopic (exact) mass is 344 g/mol. The van der Waals surface area contributed by atoms with Crippen molar-refractivity contribution >= 4 is 17.3 Å². The second-order valence-corrected chi connectivity index (χ2v) is 7.46. The van der Waals surface area contributed by atoms with Gasteiger partial charge in [0, 0.05) is 16.7 Å². The Morgan fingerprint density at radius 1 is 0.840 bits per heavy atom. The average Bonchev–Trinajstić information content (AvgIpc) is 2.57. The number of hydrogen-bond donors (Lipinski definition) is 2. The number of carbonyl (C=O) groups excluding carboxylic acids is 2. The van der Waals surface area contributed by atoms with Crippen LogP contribution in [0, 0.1) is 0 Å². The van der Waals surface area contributed by atoms with Gasteiger partial charge in [-0.1, -0.05) is 56.4 Å². The van der Waals surface area contributed by atoms with Gasteiger partial charge in [-0.05, 0) is 33.1 Å². The van der Waals surface area contributed by atoms with Gasteiger partial charge in [0.2, 0.25) is 11.6 Å². The lowest BCUT2D eigenvalue weighted by Crippen LogP contribution is -2.24. The lowest BCUT2D eigenvalue weighted by Gasteiger charge is -2.17. The molecule has 1 aliphatic rings. The van der Waals surface area contributed by atoms with E-state index in [9.17, 15) is 19.8 Å². The van der Waals surface area contributed by atoms with E-state index < -0.39 is 17.2 Å². The molecule has 0 aromatic heterocycles. The molecule has 0 saturated carbocycles. The van der Waals surface area contributed by atoms with Gasteiger partial charge in [-0.2, -0.15) is 0 Å². The Kier molecular flexibility index (Phi) is 6.54. The van der Waals surface area contributed by atoms with Crippen LogP contribution in [0.15, 0.2) is 29.8 Å². The highest BCUT2D eigenvalue weighted by Crippen LogP contribution is 2.30. The molecule has 136 valence electrons. The molecule has 0 heterocycles. The molecule has 4 heteroatoms. The number of benzene rings is 1. The van der Waals surface area contributed by atoms with E-state index in [1.807, 2.05) is 13.8 Å². The quantitative estimate of drug-likeness (QED) is 0.506. The number of unbranched alkanes of at least 4 members (excludes halogenated alkanes) is 5. The molecule has 2 rings (SSSR count). The van der Waals surface area contributed by atoms with Crippen molar-refractivity contribution in [3.8, 4) is 0 Å². The first kappa shape index (κ1) is 19.4. The maximum absolute atomic E-state index is 12.2. The van der Waals surface area contributed by atoms with Gasteiger partial charge in [0.1, 0.15) is 5.76 Å². The van der Waals surface area contributed by atoms with Crippen molar-refractivity contribution in [1.29, 1.82) is 0 Å². The minimum absolute atomic E-state index is 0.0367. The highest BCUT2D eigenvalue weighted by Gasteiger charge is 2.31. The molecule has 0 unspecified atom stereocenters. The van der Waals surface area contributed by atoms with Crippen molar-refractivity contribution < 1.29 is 19.8 Å². The van der Waals surface area contributed by atoms with E-state index in [-0.39, 0.29) is 11.3 Å². The SMILES string of the molecule is CC(C)(O)CCCCCCCCC1=C(O)c2ccccc2C(=O)C1=O. The fourth-order valence-corrected chi connectivity index (χ4v) is 3.22. The Bertz CT molecular complexity index is 665. The number of carbonyl (C=O) groups is 2. The summed E-state index contributed by atoms with van der Waals surface area (Å²) in [6, 6.07) is 6.71. The Hall–Kier alpha value is -1.94. The summed E-state index contributed by atoms with van der Waals surface area (Å²) in [5.74, 6) is -1.12. The molecule has 0 amide bonds. The van der Waals surface area contributed by atoms with Crippen LogP contribution in [-0.2, 0) is 4.79 Å². The normalized spacial score (nSPS) is 14.8. The smallest absolute Gasteiger partial charge is 0.234 e. The van der Waals surface area contributed by atoms with Crippen molar-refractivity contribution in [3.63, 3.8) is 0 Å². The summed E-state index contributed by atoms with van der Waals surface area (Å²) < 4.78 is 0. The topological polar surface area (TPSA) is 74.6 Å². The van der Waals surface area contributed by atoms with Crippen LogP contribution in [0.3, 0.4) is 0 Å². The van der Waals surface area contributed by atoms with Gasteiger partial charge in [-0.25, -0.2) is 0 Å². The van der Waals surface area contributed by atoms with Crippen molar-refractivity contribution in [1.82, 2.24) is 0 Å². The van der Waals surface area contributed by atoms with E-state index >= 15 is 0 Å². The van der Waals surface area contributed by atoms with Gasteiger partial charge in [0.25, 0.3) is 0 Å². The zero-order chi connectivity index (χ0) is 18.4. The maximum atomic E-state index is 12.2. The number of rotatable bonds is 9. The molecule has 0 aliphatic heterocycles. The van der Waals surface area contributed by atoms with Crippen LogP contribution in [0.5, 0.6) is 0 Å². The minimum Gasteiger partial charge on any atom is -0.507 e. The number of allylic oxidation sites excluding steroid dienone is 1. The Morgan fingerprint density at radius 3 is 2.04 bits per heavy atom. The molecule has 0 fully saturated rings. The average molecular weight is 344 g/mol. The van der Waals surface area contributed by atoms with Gasteiger partial charge < -0.3 is 10.2 Å². The fourth-order valence-electron chi connectivity index (χ4n) is 3.22.